The van der Waals surface area contributed by atoms with Gasteiger partial charge in [0.05, 0.1) is 6.61 Å². The van der Waals surface area contributed by atoms with Crippen molar-refractivity contribution in [2.24, 2.45) is 5.92 Å². The van der Waals surface area contributed by atoms with E-state index < -0.39 is 0 Å². The molecule has 2 nitrogen and oxygen atoms in total. The fourth-order valence-corrected chi connectivity index (χ4v) is 1.63. The van der Waals surface area contributed by atoms with Crippen molar-refractivity contribution >= 4 is 0 Å². The van der Waals surface area contributed by atoms with Gasteiger partial charge in [-0.25, -0.2) is 4.39 Å². The molecule has 1 N–H and O–H groups in total. The summed E-state index contributed by atoms with van der Waals surface area (Å²) >= 11 is 0. The first-order chi connectivity index (χ1) is 6.84. The quantitative estimate of drug-likeness (QED) is 0.794. The van der Waals surface area contributed by atoms with Crippen molar-refractivity contribution in [2.45, 2.75) is 6.42 Å². The minimum atomic E-state index is -0.243. The molecule has 1 aromatic carbocycles. The van der Waals surface area contributed by atoms with E-state index in [1.54, 1.807) is 12.1 Å². The summed E-state index contributed by atoms with van der Waals surface area (Å²) in [6.45, 7) is 2.75. The molecule has 2 rings (SSSR count). The van der Waals surface area contributed by atoms with Gasteiger partial charge in [-0.15, -0.1) is 0 Å². The number of hydrogen-bond acceptors (Lipinski definition) is 2. The lowest BCUT2D eigenvalue weighted by Crippen LogP contribution is -2.15. The lowest BCUT2D eigenvalue weighted by atomic mass is 10.1. The highest BCUT2D eigenvalue weighted by atomic mass is 19.1. The van der Waals surface area contributed by atoms with Crippen LogP contribution in [0.1, 0.15) is 6.42 Å². The second-order valence-electron chi connectivity index (χ2n) is 3.63. The average Bonchev–Trinajstić information content (AvgIpc) is 2.67. The van der Waals surface area contributed by atoms with Crippen LogP contribution in [0.3, 0.4) is 0 Å². The molecule has 0 amide bonds. The molecule has 1 saturated heterocycles. The third-order valence-electron chi connectivity index (χ3n) is 2.44. The van der Waals surface area contributed by atoms with Crippen LogP contribution in [0.15, 0.2) is 24.3 Å². The zero-order valence-corrected chi connectivity index (χ0v) is 8.00. The van der Waals surface area contributed by atoms with Crippen molar-refractivity contribution in [1.29, 1.82) is 0 Å². The molecular weight excluding hydrogens is 181 g/mol. The van der Waals surface area contributed by atoms with Crippen LogP contribution >= 0.6 is 0 Å². The van der Waals surface area contributed by atoms with Crippen molar-refractivity contribution in [3.05, 3.63) is 30.1 Å². The molecule has 1 aromatic rings. The molecule has 0 saturated carbocycles. The minimum absolute atomic E-state index is 0.243. The molecule has 76 valence electrons. The maximum atomic E-state index is 12.8. The molecule has 0 spiro atoms. The number of rotatable bonds is 3. The summed E-state index contributed by atoms with van der Waals surface area (Å²) in [5.74, 6) is 0.946. The van der Waals surface area contributed by atoms with E-state index in [0.29, 0.717) is 18.3 Å². The molecule has 1 aliphatic rings. The van der Waals surface area contributed by atoms with E-state index in [1.165, 1.54) is 12.1 Å². The Balaban J connectivity index is 1.85. The Bertz CT molecular complexity index is 297. The van der Waals surface area contributed by atoms with Crippen molar-refractivity contribution in [2.75, 3.05) is 19.7 Å². The van der Waals surface area contributed by atoms with E-state index >= 15 is 0 Å². The first kappa shape index (κ1) is 9.46. The fourth-order valence-electron chi connectivity index (χ4n) is 1.63. The van der Waals surface area contributed by atoms with Gasteiger partial charge in [-0.2, -0.15) is 0 Å². The minimum Gasteiger partial charge on any atom is -0.493 e. The molecule has 0 aromatic heterocycles. The standard InChI is InChI=1S/C11H14FNO/c12-10-2-1-3-11(6-10)14-8-9-4-5-13-7-9/h1-3,6,9,13H,4-5,7-8H2. The average molecular weight is 195 g/mol. The topological polar surface area (TPSA) is 21.3 Å². The van der Waals surface area contributed by atoms with Crippen LogP contribution in [0, 0.1) is 11.7 Å². The van der Waals surface area contributed by atoms with Gasteiger partial charge >= 0.3 is 0 Å². The van der Waals surface area contributed by atoms with Gasteiger partial charge in [-0.3, -0.25) is 0 Å². The molecule has 1 aliphatic heterocycles. The molecule has 1 unspecified atom stereocenters. The van der Waals surface area contributed by atoms with E-state index in [9.17, 15) is 4.39 Å². The highest BCUT2D eigenvalue weighted by molar-refractivity contribution is 5.22. The third-order valence-corrected chi connectivity index (χ3v) is 2.44. The fraction of sp³-hybridized carbons (Fsp3) is 0.455. The van der Waals surface area contributed by atoms with Crippen LogP contribution in [-0.4, -0.2) is 19.7 Å². The zero-order chi connectivity index (χ0) is 9.80. The van der Waals surface area contributed by atoms with Gasteiger partial charge in [0.2, 0.25) is 0 Å². The van der Waals surface area contributed by atoms with Gasteiger partial charge in [0.15, 0.2) is 0 Å². The van der Waals surface area contributed by atoms with Gasteiger partial charge < -0.3 is 10.1 Å². The molecule has 0 aliphatic carbocycles. The maximum absolute atomic E-state index is 12.8. The smallest absolute Gasteiger partial charge is 0.126 e. The summed E-state index contributed by atoms with van der Waals surface area (Å²) in [4.78, 5) is 0. The zero-order valence-electron chi connectivity index (χ0n) is 8.00. The highest BCUT2D eigenvalue weighted by Crippen LogP contribution is 2.15. The Labute approximate surface area is 83.1 Å². The first-order valence-corrected chi connectivity index (χ1v) is 4.94. The van der Waals surface area contributed by atoms with E-state index in [2.05, 4.69) is 5.32 Å². The molecule has 3 heteroatoms. The summed E-state index contributed by atoms with van der Waals surface area (Å²) in [6, 6.07) is 6.29. The van der Waals surface area contributed by atoms with Crippen LogP contribution in [0.4, 0.5) is 4.39 Å². The number of halogens is 1. The number of nitrogens with one attached hydrogen (secondary N) is 1. The number of benzene rings is 1. The molecule has 0 bridgehead atoms. The van der Waals surface area contributed by atoms with Crippen LogP contribution in [0.2, 0.25) is 0 Å². The van der Waals surface area contributed by atoms with Gasteiger partial charge in [0.25, 0.3) is 0 Å². The second-order valence-corrected chi connectivity index (χ2v) is 3.63. The Kier molecular flexibility index (Phi) is 2.99. The molecule has 1 heterocycles. The van der Waals surface area contributed by atoms with Gasteiger partial charge in [-0.05, 0) is 25.1 Å². The second kappa shape index (κ2) is 4.42. The molecule has 1 atom stereocenters. The lowest BCUT2D eigenvalue weighted by molar-refractivity contribution is 0.259. The maximum Gasteiger partial charge on any atom is 0.126 e. The van der Waals surface area contributed by atoms with Crippen LogP contribution in [0.5, 0.6) is 5.75 Å². The molecule has 14 heavy (non-hydrogen) atoms. The van der Waals surface area contributed by atoms with Crippen molar-refractivity contribution in [1.82, 2.24) is 5.32 Å². The number of hydrogen-bond donors (Lipinski definition) is 1. The molecular formula is C11H14FNO. The number of ether oxygens (including phenoxy) is 1. The SMILES string of the molecule is Fc1cccc(OCC2CCNC2)c1. The molecule has 0 radical (unpaired) electrons. The summed E-state index contributed by atoms with van der Waals surface area (Å²) in [7, 11) is 0. The van der Waals surface area contributed by atoms with Crippen molar-refractivity contribution < 1.29 is 9.13 Å². The molecule has 1 fully saturated rings. The third kappa shape index (κ3) is 2.45. The van der Waals surface area contributed by atoms with Crippen LogP contribution < -0.4 is 10.1 Å². The van der Waals surface area contributed by atoms with E-state index in [1.807, 2.05) is 0 Å². The van der Waals surface area contributed by atoms with Crippen LogP contribution in [-0.2, 0) is 0 Å². The predicted molar refractivity (Wildman–Crippen MR) is 52.9 cm³/mol. The van der Waals surface area contributed by atoms with Gasteiger partial charge in [0, 0.05) is 18.5 Å². The first-order valence-electron chi connectivity index (χ1n) is 4.94. The normalized spacial score (nSPS) is 21.1. The highest BCUT2D eigenvalue weighted by Gasteiger charge is 2.14. The van der Waals surface area contributed by atoms with E-state index in [4.69, 9.17) is 4.74 Å². The Hall–Kier alpha value is -1.09. The summed E-state index contributed by atoms with van der Waals surface area (Å²) in [5.41, 5.74) is 0. The summed E-state index contributed by atoms with van der Waals surface area (Å²) in [5, 5.41) is 3.27. The van der Waals surface area contributed by atoms with Gasteiger partial charge in [-0.1, -0.05) is 6.07 Å². The summed E-state index contributed by atoms with van der Waals surface area (Å²) in [6.07, 6.45) is 1.15. The lowest BCUT2D eigenvalue weighted by Gasteiger charge is -2.10. The largest absolute Gasteiger partial charge is 0.493 e. The van der Waals surface area contributed by atoms with E-state index in [0.717, 1.165) is 19.5 Å². The van der Waals surface area contributed by atoms with E-state index in [-0.39, 0.29) is 5.82 Å². The monoisotopic (exact) mass is 195 g/mol. The summed E-state index contributed by atoms with van der Waals surface area (Å²) < 4.78 is 18.3. The van der Waals surface area contributed by atoms with Crippen molar-refractivity contribution in [3.63, 3.8) is 0 Å². The Morgan fingerprint density at radius 2 is 2.43 bits per heavy atom. The van der Waals surface area contributed by atoms with Gasteiger partial charge in [0.1, 0.15) is 11.6 Å². The van der Waals surface area contributed by atoms with Crippen molar-refractivity contribution in [3.8, 4) is 5.75 Å². The Morgan fingerprint density at radius 1 is 1.50 bits per heavy atom. The Morgan fingerprint density at radius 3 is 3.14 bits per heavy atom. The van der Waals surface area contributed by atoms with Crippen LogP contribution in [0.25, 0.3) is 0 Å². The predicted octanol–water partition coefficient (Wildman–Crippen LogP) is 1.81.